The van der Waals surface area contributed by atoms with Gasteiger partial charge in [0.25, 0.3) is 0 Å². The zero-order chi connectivity index (χ0) is 23.5. The number of rotatable bonds is 6. The maximum atomic E-state index is 13.2. The molecule has 0 aliphatic carbocycles. The molecule has 0 spiro atoms. The van der Waals surface area contributed by atoms with Crippen molar-refractivity contribution in [3.05, 3.63) is 71.9 Å². The van der Waals surface area contributed by atoms with Crippen molar-refractivity contribution >= 4 is 23.6 Å². The number of hydrogen-bond donors (Lipinski definition) is 2. The Morgan fingerprint density at radius 1 is 1.03 bits per heavy atom. The predicted molar refractivity (Wildman–Crippen MR) is 125 cm³/mol. The summed E-state index contributed by atoms with van der Waals surface area (Å²) < 4.78 is 7.31. The van der Waals surface area contributed by atoms with Crippen LogP contribution in [-0.2, 0) is 9.53 Å². The van der Waals surface area contributed by atoms with E-state index < -0.39 is 23.5 Å². The molecule has 0 radical (unpaired) electrons. The highest BCUT2D eigenvalue weighted by molar-refractivity contribution is 6.02. The molecule has 0 bridgehead atoms. The Labute approximate surface area is 188 Å². The second kappa shape index (κ2) is 9.23. The number of nitrogens with zero attached hydrogens (tertiary/aromatic N) is 3. The van der Waals surface area contributed by atoms with Gasteiger partial charge in [-0.05, 0) is 38.5 Å². The summed E-state index contributed by atoms with van der Waals surface area (Å²) in [5, 5.41) is 2.74. The van der Waals surface area contributed by atoms with Gasteiger partial charge in [0.2, 0.25) is 11.9 Å². The largest absolute Gasteiger partial charge is 0.455 e. The van der Waals surface area contributed by atoms with Crippen molar-refractivity contribution in [2.24, 2.45) is 5.73 Å². The fourth-order valence-corrected chi connectivity index (χ4v) is 3.14. The van der Waals surface area contributed by atoms with E-state index in [0.29, 0.717) is 17.2 Å². The van der Waals surface area contributed by atoms with Crippen LogP contribution >= 0.6 is 0 Å². The van der Waals surface area contributed by atoms with Crippen LogP contribution in [0.15, 0.2) is 60.7 Å². The van der Waals surface area contributed by atoms with Crippen LogP contribution in [0.2, 0.25) is 0 Å². The third-order valence-corrected chi connectivity index (χ3v) is 4.55. The lowest BCUT2D eigenvalue weighted by molar-refractivity contribution is -0.117. The van der Waals surface area contributed by atoms with E-state index in [0.717, 1.165) is 0 Å². The molecule has 0 saturated heterocycles. The number of para-hydroxylation sites is 1. The van der Waals surface area contributed by atoms with Crippen LogP contribution in [0, 0.1) is 0 Å². The van der Waals surface area contributed by atoms with Crippen LogP contribution in [0.3, 0.4) is 0 Å². The molecule has 2 aromatic carbocycles. The van der Waals surface area contributed by atoms with Crippen LogP contribution in [0.5, 0.6) is 0 Å². The van der Waals surface area contributed by atoms with Crippen molar-refractivity contribution in [3.8, 4) is 5.69 Å². The molecule has 8 heteroatoms. The zero-order valence-electron chi connectivity index (χ0n) is 19.0. The molecular formula is C24H29N5O3. The molecule has 1 aromatic heterocycles. The van der Waals surface area contributed by atoms with Crippen molar-refractivity contribution in [1.29, 1.82) is 0 Å². The SMILES string of the molecule is CN(C)c1nc(NC(=O)C(N)c2ccccc2)c(C(=O)OC(C)(C)C)n1-c1ccccc1. The number of hydrogen-bond acceptors (Lipinski definition) is 6. The van der Waals surface area contributed by atoms with E-state index in [4.69, 9.17) is 10.5 Å². The lowest BCUT2D eigenvalue weighted by atomic mass is 10.1. The standard InChI is InChI=1S/C24H29N5O3/c1-24(2,3)32-22(31)19-20(26-21(30)18(25)16-12-8-6-9-13-16)27-23(28(4)5)29(19)17-14-10-7-11-15-17/h6-15,18H,25H2,1-5H3,(H,26,30). The highest BCUT2D eigenvalue weighted by Crippen LogP contribution is 2.29. The second-order valence-electron chi connectivity index (χ2n) is 8.55. The number of aromatic nitrogens is 2. The van der Waals surface area contributed by atoms with Gasteiger partial charge in [-0.25, -0.2) is 4.79 Å². The van der Waals surface area contributed by atoms with E-state index in [-0.39, 0.29) is 11.5 Å². The maximum Gasteiger partial charge on any atom is 0.359 e. The van der Waals surface area contributed by atoms with Crippen molar-refractivity contribution in [2.45, 2.75) is 32.4 Å². The third kappa shape index (κ3) is 5.15. The molecule has 3 aromatic rings. The van der Waals surface area contributed by atoms with Gasteiger partial charge in [0.05, 0.1) is 0 Å². The smallest absolute Gasteiger partial charge is 0.359 e. The highest BCUT2D eigenvalue weighted by atomic mass is 16.6. The van der Waals surface area contributed by atoms with Gasteiger partial charge in [0.1, 0.15) is 11.6 Å². The van der Waals surface area contributed by atoms with Gasteiger partial charge in [0, 0.05) is 19.8 Å². The summed E-state index contributed by atoms with van der Waals surface area (Å²) in [6.07, 6.45) is 0. The molecule has 168 valence electrons. The summed E-state index contributed by atoms with van der Waals surface area (Å²) >= 11 is 0. The van der Waals surface area contributed by atoms with E-state index >= 15 is 0 Å². The molecule has 1 amide bonds. The Hall–Kier alpha value is -3.65. The molecule has 1 atom stereocenters. The molecule has 0 aliphatic heterocycles. The average molecular weight is 436 g/mol. The molecule has 0 fully saturated rings. The molecule has 0 saturated carbocycles. The van der Waals surface area contributed by atoms with Crippen LogP contribution < -0.4 is 16.0 Å². The van der Waals surface area contributed by atoms with E-state index in [9.17, 15) is 9.59 Å². The van der Waals surface area contributed by atoms with Gasteiger partial charge in [-0.1, -0.05) is 48.5 Å². The topological polar surface area (TPSA) is 102 Å². The fourth-order valence-electron chi connectivity index (χ4n) is 3.14. The normalized spacial score (nSPS) is 12.2. The summed E-state index contributed by atoms with van der Waals surface area (Å²) in [6.45, 7) is 5.35. The number of ether oxygens (including phenoxy) is 1. The van der Waals surface area contributed by atoms with Crippen LogP contribution in [0.25, 0.3) is 5.69 Å². The summed E-state index contributed by atoms with van der Waals surface area (Å²) in [7, 11) is 3.61. The quantitative estimate of drug-likeness (QED) is 0.574. The summed E-state index contributed by atoms with van der Waals surface area (Å²) in [4.78, 5) is 32.5. The van der Waals surface area contributed by atoms with E-state index in [1.54, 1.807) is 42.4 Å². The van der Waals surface area contributed by atoms with E-state index in [2.05, 4.69) is 10.3 Å². The first-order chi connectivity index (χ1) is 15.1. The van der Waals surface area contributed by atoms with E-state index in [1.165, 1.54) is 0 Å². The van der Waals surface area contributed by atoms with Crippen molar-refractivity contribution in [3.63, 3.8) is 0 Å². The monoisotopic (exact) mass is 435 g/mol. The Kier molecular flexibility index (Phi) is 6.64. The molecule has 32 heavy (non-hydrogen) atoms. The lowest BCUT2D eigenvalue weighted by Crippen LogP contribution is -2.30. The van der Waals surface area contributed by atoms with Crippen LogP contribution in [0.4, 0.5) is 11.8 Å². The molecule has 1 unspecified atom stereocenters. The number of imidazole rings is 1. The minimum absolute atomic E-state index is 0.0863. The fraction of sp³-hybridized carbons (Fsp3) is 0.292. The number of nitrogens with two attached hydrogens (primary N) is 1. The zero-order valence-corrected chi connectivity index (χ0v) is 19.0. The Balaban J connectivity index is 2.10. The van der Waals surface area contributed by atoms with E-state index in [1.807, 2.05) is 62.6 Å². The second-order valence-corrected chi connectivity index (χ2v) is 8.55. The summed E-state index contributed by atoms with van der Waals surface area (Å²) in [6, 6.07) is 17.4. The van der Waals surface area contributed by atoms with Crippen LogP contribution in [-0.4, -0.2) is 41.1 Å². The molecule has 3 rings (SSSR count). The third-order valence-electron chi connectivity index (χ3n) is 4.55. The Morgan fingerprint density at radius 3 is 2.12 bits per heavy atom. The predicted octanol–water partition coefficient (Wildman–Crippen LogP) is 3.53. The van der Waals surface area contributed by atoms with Crippen molar-refractivity contribution in [1.82, 2.24) is 9.55 Å². The first-order valence-electron chi connectivity index (χ1n) is 10.3. The Bertz CT molecular complexity index is 1090. The van der Waals surface area contributed by atoms with Gasteiger partial charge in [-0.2, -0.15) is 4.98 Å². The van der Waals surface area contributed by atoms with Crippen LogP contribution in [0.1, 0.15) is 42.9 Å². The number of amides is 1. The van der Waals surface area contributed by atoms with Gasteiger partial charge >= 0.3 is 5.97 Å². The first-order valence-corrected chi connectivity index (χ1v) is 10.3. The molecular weight excluding hydrogens is 406 g/mol. The van der Waals surface area contributed by atoms with Gasteiger partial charge in [-0.3, -0.25) is 9.36 Å². The summed E-state index contributed by atoms with van der Waals surface area (Å²) in [5.74, 6) is -0.543. The molecule has 0 aliphatic rings. The number of esters is 1. The first kappa shape index (κ1) is 23.0. The number of anilines is 2. The number of nitrogens with one attached hydrogen (secondary N) is 1. The van der Waals surface area contributed by atoms with Gasteiger partial charge in [0.15, 0.2) is 11.5 Å². The molecule has 8 nitrogen and oxygen atoms in total. The molecule has 1 heterocycles. The lowest BCUT2D eigenvalue weighted by Gasteiger charge is -2.21. The summed E-state index contributed by atoms with van der Waals surface area (Å²) in [5.41, 5.74) is 6.90. The highest BCUT2D eigenvalue weighted by Gasteiger charge is 2.31. The number of carbonyl (C=O) groups excluding carboxylic acids is 2. The maximum absolute atomic E-state index is 13.2. The average Bonchev–Trinajstić information content (AvgIpc) is 3.13. The minimum Gasteiger partial charge on any atom is -0.455 e. The Morgan fingerprint density at radius 2 is 1.59 bits per heavy atom. The minimum atomic E-state index is -0.924. The number of benzene rings is 2. The van der Waals surface area contributed by atoms with Crippen molar-refractivity contribution < 1.29 is 14.3 Å². The van der Waals surface area contributed by atoms with Gasteiger partial charge < -0.3 is 20.7 Å². The molecule has 3 N–H and O–H groups in total. The number of carbonyl (C=O) groups is 2. The van der Waals surface area contributed by atoms with Crippen molar-refractivity contribution in [2.75, 3.05) is 24.3 Å². The van der Waals surface area contributed by atoms with Gasteiger partial charge in [-0.15, -0.1) is 0 Å².